The first kappa shape index (κ1) is 19.0. The second-order valence-corrected chi connectivity index (χ2v) is 7.77. The molecule has 0 saturated heterocycles. The number of benzene rings is 3. The normalized spacial score (nSPS) is 16.0. The van der Waals surface area contributed by atoms with E-state index in [1.807, 2.05) is 84.9 Å². The van der Waals surface area contributed by atoms with E-state index in [0.717, 1.165) is 33.3 Å². The largest absolute Gasteiger partial charge is 0.440 e. The summed E-state index contributed by atoms with van der Waals surface area (Å²) in [6.07, 6.45) is 1.96. The van der Waals surface area contributed by atoms with Gasteiger partial charge in [0, 0.05) is 27.4 Å². The van der Waals surface area contributed by atoms with Gasteiger partial charge in [0.15, 0.2) is 0 Å². The fourth-order valence-electron chi connectivity index (χ4n) is 4.05. The molecular formula is C26H18ClN3O. The first-order chi connectivity index (χ1) is 15.2. The molecule has 1 aliphatic heterocycles. The van der Waals surface area contributed by atoms with E-state index < -0.39 is 5.92 Å². The lowest BCUT2D eigenvalue weighted by molar-refractivity contribution is 0.361. The summed E-state index contributed by atoms with van der Waals surface area (Å²) in [5.74, 6) is 0.345. The number of nitrogens with one attached hydrogen (secondary N) is 1. The average Bonchev–Trinajstić information content (AvgIpc) is 3.18. The molecule has 1 unspecified atom stereocenters. The van der Waals surface area contributed by atoms with Crippen LogP contribution in [0, 0.1) is 11.3 Å². The van der Waals surface area contributed by atoms with Gasteiger partial charge in [-0.25, -0.2) is 0 Å². The van der Waals surface area contributed by atoms with Gasteiger partial charge in [-0.15, -0.1) is 0 Å². The molecule has 0 fully saturated rings. The summed E-state index contributed by atoms with van der Waals surface area (Å²) in [6.45, 7) is 0. The Bertz CT molecular complexity index is 1380. The van der Waals surface area contributed by atoms with Crippen LogP contribution in [0.4, 0.5) is 0 Å². The molecule has 4 nitrogen and oxygen atoms in total. The lowest BCUT2D eigenvalue weighted by atomic mass is 9.85. The molecule has 0 saturated carbocycles. The summed E-state index contributed by atoms with van der Waals surface area (Å²) in [5.41, 5.74) is 11.3. The summed E-state index contributed by atoms with van der Waals surface area (Å²) >= 11 is 6.35. The van der Waals surface area contributed by atoms with Crippen LogP contribution in [-0.4, -0.2) is 4.98 Å². The summed E-state index contributed by atoms with van der Waals surface area (Å²) in [5, 5.41) is 11.5. The third kappa shape index (κ3) is 3.35. The van der Waals surface area contributed by atoms with E-state index in [1.54, 1.807) is 0 Å². The highest BCUT2D eigenvalue weighted by Crippen LogP contribution is 2.44. The number of halogens is 1. The maximum absolute atomic E-state index is 9.94. The molecule has 3 aromatic carbocycles. The molecule has 0 radical (unpaired) electrons. The van der Waals surface area contributed by atoms with E-state index in [1.165, 1.54) is 0 Å². The molecule has 5 heteroatoms. The van der Waals surface area contributed by atoms with Gasteiger partial charge in [0.1, 0.15) is 17.4 Å². The molecule has 1 atom stereocenters. The predicted molar refractivity (Wildman–Crippen MR) is 124 cm³/mol. The van der Waals surface area contributed by atoms with Gasteiger partial charge in [-0.2, -0.15) is 5.26 Å². The Balaban J connectivity index is 1.80. The van der Waals surface area contributed by atoms with E-state index in [4.69, 9.17) is 22.1 Å². The molecule has 0 bridgehead atoms. The molecule has 5 rings (SSSR count). The van der Waals surface area contributed by atoms with Gasteiger partial charge in [0.25, 0.3) is 0 Å². The summed E-state index contributed by atoms with van der Waals surface area (Å²) in [6, 6.07) is 27.7. The minimum absolute atomic E-state index is 0.115. The van der Waals surface area contributed by atoms with Crippen LogP contribution in [-0.2, 0) is 4.74 Å². The van der Waals surface area contributed by atoms with Gasteiger partial charge in [0.2, 0.25) is 5.88 Å². The van der Waals surface area contributed by atoms with Crippen molar-refractivity contribution in [2.24, 2.45) is 5.73 Å². The highest BCUT2D eigenvalue weighted by atomic mass is 35.5. The Kier molecular flexibility index (Phi) is 4.74. The molecule has 0 spiro atoms. The van der Waals surface area contributed by atoms with Crippen LogP contribution in [0.15, 0.2) is 96.4 Å². The van der Waals surface area contributed by atoms with Crippen LogP contribution >= 0.6 is 11.6 Å². The summed E-state index contributed by atoms with van der Waals surface area (Å²) in [7, 11) is 0. The number of nitriles is 1. The van der Waals surface area contributed by atoms with Crippen molar-refractivity contribution < 1.29 is 4.74 Å². The topological polar surface area (TPSA) is 74.8 Å². The maximum atomic E-state index is 9.94. The number of rotatable bonds is 3. The zero-order valence-electron chi connectivity index (χ0n) is 16.5. The number of aromatic nitrogens is 1. The zero-order chi connectivity index (χ0) is 21.4. The van der Waals surface area contributed by atoms with Gasteiger partial charge in [0.05, 0.1) is 5.69 Å². The Hall–Kier alpha value is -3.94. The van der Waals surface area contributed by atoms with E-state index in [0.29, 0.717) is 16.4 Å². The number of ether oxygens (including phenoxy) is 1. The number of nitrogens with zero attached hydrogens (tertiary/aromatic N) is 1. The molecule has 3 N–H and O–H groups in total. The lowest BCUT2D eigenvalue weighted by Crippen LogP contribution is -2.16. The fourth-order valence-corrected chi connectivity index (χ4v) is 4.22. The Morgan fingerprint density at radius 1 is 0.935 bits per heavy atom. The third-order valence-electron chi connectivity index (χ3n) is 5.47. The number of allylic oxidation sites excluding steroid dienone is 2. The van der Waals surface area contributed by atoms with Crippen molar-refractivity contribution in [2.45, 2.75) is 5.92 Å². The molecule has 1 aromatic heterocycles. The highest BCUT2D eigenvalue weighted by Gasteiger charge is 2.30. The molecule has 2 heterocycles. The van der Waals surface area contributed by atoms with E-state index in [-0.39, 0.29) is 5.88 Å². The van der Waals surface area contributed by atoms with Crippen molar-refractivity contribution in [3.05, 3.63) is 113 Å². The summed E-state index contributed by atoms with van der Waals surface area (Å²) < 4.78 is 5.85. The van der Waals surface area contributed by atoms with E-state index in [9.17, 15) is 5.26 Å². The fraction of sp³-hybridized carbons (Fsp3) is 0.0385. The second-order valence-electron chi connectivity index (χ2n) is 7.34. The van der Waals surface area contributed by atoms with Crippen molar-refractivity contribution in [3.63, 3.8) is 0 Å². The maximum Gasteiger partial charge on any atom is 0.205 e. The molecule has 1 aliphatic rings. The molecular weight excluding hydrogens is 406 g/mol. The first-order valence-corrected chi connectivity index (χ1v) is 10.2. The smallest absolute Gasteiger partial charge is 0.205 e. The number of hydrogen-bond donors (Lipinski definition) is 2. The third-order valence-corrected chi connectivity index (χ3v) is 5.70. The predicted octanol–water partition coefficient (Wildman–Crippen LogP) is 6.34. The van der Waals surface area contributed by atoms with Crippen LogP contribution in [0.2, 0.25) is 5.02 Å². The van der Waals surface area contributed by atoms with Crippen LogP contribution in [0.3, 0.4) is 0 Å². The lowest BCUT2D eigenvalue weighted by Gasteiger charge is -2.24. The van der Waals surface area contributed by atoms with Gasteiger partial charge >= 0.3 is 0 Å². The molecule has 0 aliphatic carbocycles. The van der Waals surface area contributed by atoms with E-state index in [2.05, 4.69) is 11.1 Å². The number of H-pyrrole nitrogens is 1. The minimum Gasteiger partial charge on any atom is -0.440 e. The molecule has 0 amide bonds. The Morgan fingerprint density at radius 2 is 1.61 bits per heavy atom. The van der Waals surface area contributed by atoms with Gasteiger partial charge in [-0.05, 0) is 35.4 Å². The zero-order valence-corrected chi connectivity index (χ0v) is 17.2. The van der Waals surface area contributed by atoms with Gasteiger partial charge in [-0.3, -0.25) is 0 Å². The summed E-state index contributed by atoms with van der Waals surface area (Å²) in [4.78, 5) is 3.52. The van der Waals surface area contributed by atoms with Crippen molar-refractivity contribution in [3.8, 4) is 17.3 Å². The first-order valence-electron chi connectivity index (χ1n) is 9.87. The average molecular weight is 424 g/mol. The van der Waals surface area contributed by atoms with E-state index >= 15 is 0 Å². The highest BCUT2D eigenvalue weighted by molar-refractivity contribution is 6.31. The number of aromatic amines is 1. The van der Waals surface area contributed by atoms with Crippen molar-refractivity contribution in [1.82, 2.24) is 4.98 Å². The second kappa shape index (κ2) is 7.71. The van der Waals surface area contributed by atoms with Gasteiger partial charge < -0.3 is 15.5 Å². The monoisotopic (exact) mass is 423 g/mol. The standard InChI is InChI=1S/C26H18ClN3O/c27-18-11-12-22-20(13-18)24(25(30-22)17-9-5-2-6-10-17)19-14-23(16-7-3-1-4-8-16)31-26(29)21(19)15-28/h1-14,19,30H,29H2. The van der Waals surface area contributed by atoms with Crippen LogP contribution in [0.25, 0.3) is 27.9 Å². The number of nitrogens with two attached hydrogens (primary N) is 1. The van der Waals surface area contributed by atoms with Crippen molar-refractivity contribution in [2.75, 3.05) is 0 Å². The Morgan fingerprint density at radius 3 is 2.29 bits per heavy atom. The molecule has 4 aromatic rings. The molecule has 31 heavy (non-hydrogen) atoms. The van der Waals surface area contributed by atoms with Crippen LogP contribution in [0.1, 0.15) is 17.0 Å². The van der Waals surface area contributed by atoms with Crippen LogP contribution < -0.4 is 5.73 Å². The Labute approximate surface area is 184 Å². The number of fused-ring (bicyclic) bond motifs is 1. The quantitative estimate of drug-likeness (QED) is 0.404. The van der Waals surface area contributed by atoms with Crippen LogP contribution in [0.5, 0.6) is 0 Å². The van der Waals surface area contributed by atoms with Crippen molar-refractivity contribution >= 4 is 28.3 Å². The number of hydrogen-bond acceptors (Lipinski definition) is 3. The minimum atomic E-state index is -0.392. The van der Waals surface area contributed by atoms with Crippen molar-refractivity contribution in [1.29, 1.82) is 5.26 Å². The molecule has 150 valence electrons. The SMILES string of the molecule is N#CC1=C(N)OC(c2ccccc2)=CC1c1c(-c2ccccc2)[nH]c2ccc(Cl)cc12. The van der Waals surface area contributed by atoms with Gasteiger partial charge in [-0.1, -0.05) is 72.3 Å².